The van der Waals surface area contributed by atoms with Gasteiger partial charge in [0.1, 0.15) is 5.82 Å². The van der Waals surface area contributed by atoms with E-state index in [-0.39, 0.29) is 11.9 Å². The van der Waals surface area contributed by atoms with Crippen molar-refractivity contribution >= 4 is 15.9 Å². The van der Waals surface area contributed by atoms with Crippen molar-refractivity contribution in [2.24, 2.45) is 5.73 Å². The topological polar surface area (TPSA) is 29.3 Å². The number of benzene rings is 1. The molecule has 1 aromatic carbocycles. The highest BCUT2D eigenvalue weighted by Gasteiger charge is 2.21. The zero-order valence-corrected chi connectivity index (χ0v) is 12.9. The van der Waals surface area contributed by atoms with Crippen LogP contribution in [0.3, 0.4) is 0 Å². The molecule has 1 aromatic rings. The molecular formula is C14H22BrFN2. The molecule has 1 rings (SSSR count). The van der Waals surface area contributed by atoms with Gasteiger partial charge in [-0.15, -0.1) is 0 Å². The second-order valence-corrected chi connectivity index (χ2v) is 5.42. The van der Waals surface area contributed by atoms with Crippen LogP contribution in [0.25, 0.3) is 0 Å². The zero-order chi connectivity index (χ0) is 13.7. The molecule has 0 fully saturated rings. The number of nitrogens with two attached hydrogens (primary N) is 1. The monoisotopic (exact) mass is 316 g/mol. The van der Waals surface area contributed by atoms with Gasteiger partial charge in [0, 0.05) is 18.6 Å². The Bertz CT molecular complexity index is 380. The smallest absolute Gasteiger partial charge is 0.137 e. The molecule has 0 amide bonds. The van der Waals surface area contributed by atoms with Crippen LogP contribution in [0.1, 0.15) is 38.3 Å². The fourth-order valence-electron chi connectivity index (χ4n) is 2.38. The van der Waals surface area contributed by atoms with Crippen molar-refractivity contribution in [2.75, 3.05) is 13.6 Å². The van der Waals surface area contributed by atoms with Crippen molar-refractivity contribution in [1.82, 2.24) is 4.90 Å². The van der Waals surface area contributed by atoms with E-state index >= 15 is 0 Å². The van der Waals surface area contributed by atoms with E-state index in [1.54, 1.807) is 0 Å². The molecule has 0 heterocycles. The zero-order valence-electron chi connectivity index (χ0n) is 11.3. The lowest BCUT2D eigenvalue weighted by Crippen LogP contribution is -2.38. The molecule has 0 bridgehead atoms. The van der Waals surface area contributed by atoms with Crippen LogP contribution in [-0.4, -0.2) is 24.5 Å². The van der Waals surface area contributed by atoms with E-state index in [4.69, 9.17) is 5.73 Å². The van der Waals surface area contributed by atoms with E-state index in [0.29, 0.717) is 17.1 Å². The minimum Gasteiger partial charge on any atom is -0.329 e. The number of hydrogen-bond donors (Lipinski definition) is 1. The van der Waals surface area contributed by atoms with Crippen LogP contribution in [-0.2, 0) is 0 Å². The SMILES string of the molecule is CCC(CC)N(C)C(CN)c1ccc(F)c(Br)c1. The highest BCUT2D eigenvalue weighted by atomic mass is 79.9. The van der Waals surface area contributed by atoms with Crippen molar-refractivity contribution in [2.45, 2.75) is 38.8 Å². The second kappa shape index (κ2) is 7.22. The normalized spacial score (nSPS) is 13.3. The fraction of sp³-hybridized carbons (Fsp3) is 0.571. The van der Waals surface area contributed by atoms with E-state index in [1.807, 2.05) is 12.1 Å². The quantitative estimate of drug-likeness (QED) is 0.867. The summed E-state index contributed by atoms with van der Waals surface area (Å²) in [7, 11) is 2.09. The van der Waals surface area contributed by atoms with Gasteiger partial charge in [-0.1, -0.05) is 19.9 Å². The molecule has 2 nitrogen and oxygen atoms in total. The first-order valence-corrected chi connectivity index (χ1v) is 7.21. The number of nitrogens with zero attached hydrogens (tertiary/aromatic N) is 1. The first kappa shape index (κ1) is 15.6. The standard InChI is InChI=1S/C14H22BrFN2/c1-4-11(5-2)18(3)14(9-17)10-6-7-13(16)12(15)8-10/h6-8,11,14H,4-5,9,17H2,1-3H3. The summed E-state index contributed by atoms with van der Waals surface area (Å²) in [6, 6.07) is 5.76. The molecule has 1 unspecified atom stereocenters. The second-order valence-electron chi connectivity index (χ2n) is 4.56. The van der Waals surface area contributed by atoms with Gasteiger partial charge < -0.3 is 5.73 Å². The molecule has 1 atom stereocenters. The Hall–Kier alpha value is -0.450. The average Bonchev–Trinajstić information content (AvgIpc) is 2.36. The van der Waals surface area contributed by atoms with Crippen LogP contribution in [0.5, 0.6) is 0 Å². The highest BCUT2D eigenvalue weighted by Crippen LogP contribution is 2.26. The molecule has 0 aliphatic heterocycles. The molecule has 0 aromatic heterocycles. The van der Waals surface area contributed by atoms with Gasteiger partial charge in [-0.05, 0) is 53.5 Å². The molecule has 102 valence electrons. The molecule has 0 radical (unpaired) electrons. The maximum atomic E-state index is 13.3. The third-order valence-corrected chi connectivity index (χ3v) is 4.17. The third kappa shape index (κ3) is 3.53. The Balaban J connectivity index is 2.97. The van der Waals surface area contributed by atoms with Gasteiger partial charge >= 0.3 is 0 Å². The van der Waals surface area contributed by atoms with Gasteiger partial charge in [0.25, 0.3) is 0 Å². The van der Waals surface area contributed by atoms with Crippen LogP contribution in [0, 0.1) is 5.82 Å². The largest absolute Gasteiger partial charge is 0.329 e. The summed E-state index contributed by atoms with van der Waals surface area (Å²) in [6.07, 6.45) is 2.18. The Kier molecular flexibility index (Phi) is 6.26. The summed E-state index contributed by atoms with van der Waals surface area (Å²) in [4.78, 5) is 2.29. The molecule has 18 heavy (non-hydrogen) atoms. The minimum absolute atomic E-state index is 0.131. The fourth-order valence-corrected chi connectivity index (χ4v) is 2.77. The first-order chi connectivity index (χ1) is 8.54. The third-order valence-electron chi connectivity index (χ3n) is 3.56. The summed E-state index contributed by atoms with van der Waals surface area (Å²) < 4.78 is 13.8. The number of likely N-dealkylation sites (N-methyl/N-ethyl adjacent to an activating group) is 1. The molecule has 2 N–H and O–H groups in total. The van der Waals surface area contributed by atoms with Crippen molar-refractivity contribution in [3.05, 3.63) is 34.1 Å². The van der Waals surface area contributed by atoms with Crippen LogP contribution >= 0.6 is 15.9 Å². The van der Waals surface area contributed by atoms with Crippen molar-refractivity contribution in [1.29, 1.82) is 0 Å². The lowest BCUT2D eigenvalue weighted by molar-refractivity contribution is 0.167. The maximum absolute atomic E-state index is 13.3. The van der Waals surface area contributed by atoms with E-state index in [0.717, 1.165) is 18.4 Å². The summed E-state index contributed by atoms with van der Waals surface area (Å²) in [5, 5.41) is 0. The van der Waals surface area contributed by atoms with Crippen LogP contribution in [0.4, 0.5) is 4.39 Å². The van der Waals surface area contributed by atoms with Gasteiger partial charge in [0.2, 0.25) is 0 Å². The predicted molar refractivity (Wildman–Crippen MR) is 78.0 cm³/mol. The predicted octanol–water partition coefficient (Wildman–Crippen LogP) is 3.71. The number of rotatable bonds is 6. The first-order valence-electron chi connectivity index (χ1n) is 6.42. The van der Waals surface area contributed by atoms with Crippen LogP contribution in [0.2, 0.25) is 0 Å². The Morgan fingerprint density at radius 2 is 1.94 bits per heavy atom. The molecule has 4 heteroatoms. The van der Waals surface area contributed by atoms with E-state index in [9.17, 15) is 4.39 Å². The van der Waals surface area contributed by atoms with Gasteiger partial charge in [-0.2, -0.15) is 0 Å². The molecule has 0 aliphatic rings. The Morgan fingerprint density at radius 1 is 1.33 bits per heavy atom. The molecule has 0 saturated heterocycles. The summed E-state index contributed by atoms with van der Waals surface area (Å²) in [6.45, 7) is 4.89. The van der Waals surface area contributed by atoms with Crippen molar-refractivity contribution < 1.29 is 4.39 Å². The van der Waals surface area contributed by atoms with Crippen molar-refractivity contribution in [3.63, 3.8) is 0 Å². The van der Waals surface area contributed by atoms with Gasteiger partial charge in [-0.25, -0.2) is 4.39 Å². The van der Waals surface area contributed by atoms with E-state index in [1.165, 1.54) is 6.07 Å². The Labute approximate surface area is 117 Å². The van der Waals surface area contributed by atoms with Gasteiger partial charge in [0.15, 0.2) is 0 Å². The summed E-state index contributed by atoms with van der Waals surface area (Å²) >= 11 is 3.23. The van der Waals surface area contributed by atoms with E-state index in [2.05, 4.69) is 41.7 Å². The Morgan fingerprint density at radius 3 is 2.39 bits per heavy atom. The lowest BCUT2D eigenvalue weighted by atomic mass is 10.0. The molecule has 0 spiro atoms. The summed E-state index contributed by atoms with van der Waals surface area (Å²) in [5.41, 5.74) is 6.95. The number of hydrogen-bond acceptors (Lipinski definition) is 2. The van der Waals surface area contributed by atoms with Gasteiger partial charge in [-0.3, -0.25) is 4.90 Å². The average molecular weight is 317 g/mol. The lowest BCUT2D eigenvalue weighted by Gasteiger charge is -2.34. The minimum atomic E-state index is -0.236. The maximum Gasteiger partial charge on any atom is 0.137 e. The highest BCUT2D eigenvalue weighted by molar-refractivity contribution is 9.10. The molecular weight excluding hydrogens is 295 g/mol. The van der Waals surface area contributed by atoms with Crippen molar-refractivity contribution in [3.8, 4) is 0 Å². The molecule has 0 aliphatic carbocycles. The van der Waals surface area contributed by atoms with E-state index < -0.39 is 0 Å². The number of halogens is 2. The van der Waals surface area contributed by atoms with Crippen LogP contribution in [0.15, 0.2) is 22.7 Å². The van der Waals surface area contributed by atoms with Gasteiger partial charge in [0.05, 0.1) is 4.47 Å². The summed E-state index contributed by atoms with van der Waals surface area (Å²) in [5.74, 6) is -0.236. The molecule has 0 saturated carbocycles. The van der Waals surface area contributed by atoms with Crippen LogP contribution < -0.4 is 5.73 Å².